The van der Waals surface area contributed by atoms with Crippen LogP contribution in [0.1, 0.15) is 52.2 Å². The number of amides is 2. The van der Waals surface area contributed by atoms with Gasteiger partial charge >= 0.3 is 0 Å². The lowest BCUT2D eigenvalue weighted by Gasteiger charge is -2.33. The number of hydrogen-bond acceptors (Lipinski definition) is 4. The Morgan fingerprint density at radius 3 is 2.03 bits per heavy atom. The molecule has 34 heavy (non-hydrogen) atoms. The number of carbonyl (C=O) groups is 2. The van der Waals surface area contributed by atoms with Gasteiger partial charge in [-0.15, -0.1) is 0 Å². The molecular weight excluding hydrogens is 450 g/mol. The zero-order valence-corrected chi connectivity index (χ0v) is 21.9. The number of anilines is 1. The predicted molar refractivity (Wildman–Crippen MR) is 137 cm³/mol. The minimum atomic E-state index is -3.75. The molecule has 8 heteroatoms. The number of benzene rings is 2. The average molecular weight is 488 g/mol. The summed E-state index contributed by atoms with van der Waals surface area (Å²) in [7, 11) is -3.75. The molecule has 0 fully saturated rings. The van der Waals surface area contributed by atoms with Crippen LogP contribution in [0.2, 0.25) is 0 Å². The minimum Gasteiger partial charge on any atom is -0.355 e. The molecule has 0 aliphatic carbocycles. The van der Waals surface area contributed by atoms with Crippen molar-refractivity contribution in [1.29, 1.82) is 0 Å². The van der Waals surface area contributed by atoms with E-state index < -0.39 is 28.5 Å². The van der Waals surface area contributed by atoms with Crippen molar-refractivity contribution in [2.24, 2.45) is 0 Å². The van der Waals surface area contributed by atoms with Crippen LogP contribution in [-0.4, -0.2) is 50.5 Å². The molecule has 1 unspecified atom stereocenters. The van der Waals surface area contributed by atoms with Crippen LogP contribution >= 0.6 is 0 Å². The molecule has 0 aliphatic rings. The van der Waals surface area contributed by atoms with Gasteiger partial charge in [0, 0.05) is 13.1 Å². The lowest BCUT2D eigenvalue weighted by atomic mass is 9.87. The van der Waals surface area contributed by atoms with Gasteiger partial charge < -0.3 is 10.2 Å². The van der Waals surface area contributed by atoms with Gasteiger partial charge in [0.2, 0.25) is 21.8 Å². The maximum atomic E-state index is 13.6. The molecule has 0 aromatic heterocycles. The summed E-state index contributed by atoms with van der Waals surface area (Å²) in [6, 6.07) is 15.9. The summed E-state index contributed by atoms with van der Waals surface area (Å²) in [4.78, 5) is 27.8. The first-order valence-electron chi connectivity index (χ1n) is 11.6. The first-order chi connectivity index (χ1) is 15.9. The van der Waals surface area contributed by atoms with Crippen LogP contribution in [0.15, 0.2) is 54.6 Å². The highest BCUT2D eigenvalue weighted by Gasteiger charge is 2.31. The Balaban J connectivity index is 2.41. The highest BCUT2D eigenvalue weighted by Crippen LogP contribution is 2.26. The summed E-state index contributed by atoms with van der Waals surface area (Å²) in [5, 5.41) is 2.79. The van der Waals surface area contributed by atoms with E-state index in [0.29, 0.717) is 18.7 Å². The van der Waals surface area contributed by atoms with Crippen molar-refractivity contribution < 1.29 is 18.0 Å². The summed E-state index contributed by atoms with van der Waals surface area (Å²) in [6.45, 7) is 10.1. The number of nitrogens with zero attached hydrogens (tertiary/aromatic N) is 2. The first-order valence-corrected chi connectivity index (χ1v) is 13.4. The SMILES string of the molecule is CCNC(=O)C(CC)N(Cc1ccccc1)C(=O)CN(c1ccc(C(C)(C)C)cc1)S(C)(=O)=O. The van der Waals surface area contributed by atoms with Gasteiger partial charge in [0.05, 0.1) is 11.9 Å². The van der Waals surface area contributed by atoms with Gasteiger partial charge in [-0.05, 0) is 42.0 Å². The maximum Gasteiger partial charge on any atom is 0.244 e. The van der Waals surface area contributed by atoms with E-state index in [9.17, 15) is 18.0 Å². The van der Waals surface area contributed by atoms with Crippen LogP contribution in [0.5, 0.6) is 0 Å². The molecule has 0 heterocycles. The summed E-state index contributed by atoms with van der Waals surface area (Å²) < 4.78 is 26.5. The maximum absolute atomic E-state index is 13.6. The van der Waals surface area contributed by atoms with E-state index >= 15 is 0 Å². The number of likely N-dealkylation sites (N-methyl/N-ethyl adjacent to an activating group) is 1. The highest BCUT2D eigenvalue weighted by molar-refractivity contribution is 7.92. The smallest absolute Gasteiger partial charge is 0.244 e. The molecule has 2 amide bonds. The molecule has 0 radical (unpaired) electrons. The van der Waals surface area contributed by atoms with Gasteiger partial charge in [0.1, 0.15) is 12.6 Å². The van der Waals surface area contributed by atoms with Crippen LogP contribution in [0.3, 0.4) is 0 Å². The second-order valence-electron chi connectivity index (χ2n) is 9.39. The van der Waals surface area contributed by atoms with E-state index in [4.69, 9.17) is 0 Å². The van der Waals surface area contributed by atoms with Crippen molar-refractivity contribution in [3.05, 3.63) is 65.7 Å². The third-order valence-electron chi connectivity index (χ3n) is 5.63. The Hall–Kier alpha value is -2.87. The second-order valence-corrected chi connectivity index (χ2v) is 11.3. The molecular formula is C26H37N3O4S. The van der Waals surface area contributed by atoms with Gasteiger partial charge in [0.25, 0.3) is 0 Å². The number of carbonyl (C=O) groups excluding carboxylic acids is 2. The van der Waals surface area contributed by atoms with E-state index in [1.54, 1.807) is 12.1 Å². The molecule has 1 N–H and O–H groups in total. The van der Waals surface area contributed by atoms with Gasteiger partial charge in [-0.3, -0.25) is 13.9 Å². The number of nitrogens with one attached hydrogen (secondary N) is 1. The normalized spacial score (nSPS) is 12.6. The topological polar surface area (TPSA) is 86.8 Å². The first kappa shape index (κ1) is 27.4. The molecule has 0 aliphatic heterocycles. The molecule has 2 rings (SSSR count). The fourth-order valence-electron chi connectivity index (χ4n) is 3.73. The van der Waals surface area contributed by atoms with Gasteiger partial charge in [0.15, 0.2) is 0 Å². The molecule has 1 atom stereocenters. The number of rotatable bonds is 10. The predicted octanol–water partition coefficient (Wildman–Crippen LogP) is 3.69. The molecule has 0 bridgehead atoms. The van der Waals surface area contributed by atoms with Crippen molar-refractivity contribution >= 4 is 27.5 Å². The summed E-state index contributed by atoms with van der Waals surface area (Å²) in [6.07, 6.45) is 1.49. The second kappa shape index (κ2) is 11.5. The van der Waals surface area contributed by atoms with Crippen LogP contribution in [0.4, 0.5) is 5.69 Å². The third kappa shape index (κ3) is 7.32. The summed E-state index contributed by atoms with van der Waals surface area (Å²) >= 11 is 0. The molecule has 186 valence electrons. The van der Waals surface area contributed by atoms with Crippen molar-refractivity contribution in [2.45, 2.75) is 59.0 Å². The number of sulfonamides is 1. The largest absolute Gasteiger partial charge is 0.355 e. The summed E-state index contributed by atoms with van der Waals surface area (Å²) in [5.41, 5.74) is 2.25. The van der Waals surface area contributed by atoms with Crippen molar-refractivity contribution in [3.63, 3.8) is 0 Å². The van der Waals surface area contributed by atoms with Gasteiger partial charge in [-0.2, -0.15) is 0 Å². The van der Waals surface area contributed by atoms with Crippen molar-refractivity contribution in [1.82, 2.24) is 10.2 Å². The average Bonchev–Trinajstić information content (AvgIpc) is 2.77. The molecule has 0 spiro atoms. The lowest BCUT2D eigenvalue weighted by molar-refractivity contribution is -0.140. The Kier molecular flexibility index (Phi) is 9.27. The fraction of sp³-hybridized carbons (Fsp3) is 0.462. The summed E-state index contributed by atoms with van der Waals surface area (Å²) in [5.74, 6) is -0.693. The molecule has 2 aromatic rings. The Morgan fingerprint density at radius 2 is 1.56 bits per heavy atom. The van der Waals surface area contributed by atoms with Crippen LogP contribution in [0, 0.1) is 0 Å². The van der Waals surface area contributed by atoms with E-state index in [-0.39, 0.29) is 17.9 Å². The van der Waals surface area contributed by atoms with E-state index in [1.807, 2.05) is 56.3 Å². The van der Waals surface area contributed by atoms with Gasteiger partial charge in [-0.25, -0.2) is 8.42 Å². The molecule has 0 saturated heterocycles. The Morgan fingerprint density at radius 1 is 0.971 bits per heavy atom. The van der Waals surface area contributed by atoms with Crippen LogP contribution < -0.4 is 9.62 Å². The van der Waals surface area contributed by atoms with E-state index in [1.165, 1.54) is 4.90 Å². The van der Waals surface area contributed by atoms with Crippen LogP contribution in [0.25, 0.3) is 0 Å². The quantitative estimate of drug-likeness (QED) is 0.554. The zero-order chi connectivity index (χ0) is 25.5. The van der Waals surface area contributed by atoms with Crippen LogP contribution in [-0.2, 0) is 31.6 Å². The third-order valence-corrected chi connectivity index (χ3v) is 6.77. The fourth-order valence-corrected chi connectivity index (χ4v) is 4.58. The molecule has 2 aromatic carbocycles. The zero-order valence-electron chi connectivity index (χ0n) is 21.0. The van der Waals surface area contributed by atoms with Crippen molar-refractivity contribution in [3.8, 4) is 0 Å². The Bertz CT molecular complexity index is 1060. The van der Waals surface area contributed by atoms with Crippen molar-refractivity contribution in [2.75, 3.05) is 23.7 Å². The monoisotopic (exact) mass is 487 g/mol. The van der Waals surface area contributed by atoms with E-state index in [2.05, 4.69) is 26.1 Å². The molecule has 7 nitrogen and oxygen atoms in total. The minimum absolute atomic E-state index is 0.0856. The van der Waals surface area contributed by atoms with E-state index in [0.717, 1.165) is 21.7 Å². The number of hydrogen-bond donors (Lipinski definition) is 1. The highest BCUT2D eigenvalue weighted by atomic mass is 32.2. The standard InChI is InChI=1S/C26H37N3O4S/c1-7-23(25(31)27-8-2)28(18-20-12-10-9-11-13-20)24(30)19-29(34(6,32)33)22-16-14-21(15-17-22)26(3,4)5/h9-17,23H,7-8,18-19H2,1-6H3,(H,27,31). The Labute approximate surface area is 204 Å². The van der Waals surface area contributed by atoms with Gasteiger partial charge in [-0.1, -0.05) is 70.2 Å². The lowest BCUT2D eigenvalue weighted by Crippen LogP contribution is -2.52. The molecule has 0 saturated carbocycles.